The molecule has 1 radical (unpaired) electrons. The van der Waals surface area contributed by atoms with E-state index < -0.39 is 0 Å². The van der Waals surface area contributed by atoms with Gasteiger partial charge in [-0.05, 0) is 6.92 Å². The van der Waals surface area contributed by atoms with Gasteiger partial charge in [-0.15, -0.1) is 5.92 Å². The van der Waals surface area contributed by atoms with E-state index in [2.05, 4.69) is 18.8 Å². The predicted molar refractivity (Wildman–Crippen MR) is 32.1 cm³/mol. The smallest absolute Gasteiger partial charge is 0.120 e. The monoisotopic (exact) mass is 109 g/mol. The molecule has 0 aromatic carbocycles. The van der Waals surface area contributed by atoms with Crippen LogP contribution in [-0.4, -0.2) is 12.7 Å². The fourth-order valence-corrected chi connectivity index (χ4v) is 0.536. The minimum atomic E-state index is 0.233. The summed E-state index contributed by atoms with van der Waals surface area (Å²) in [6, 6.07) is 0. The molecule has 0 saturated carbocycles. The SMILES string of the molecule is [CH2]CC#CC1CCO1. The van der Waals surface area contributed by atoms with Crippen LogP contribution in [0.25, 0.3) is 0 Å². The van der Waals surface area contributed by atoms with Crippen molar-refractivity contribution >= 4 is 0 Å². The van der Waals surface area contributed by atoms with Gasteiger partial charge < -0.3 is 4.74 Å². The maximum Gasteiger partial charge on any atom is 0.120 e. The van der Waals surface area contributed by atoms with Crippen molar-refractivity contribution in [3.05, 3.63) is 6.92 Å². The average molecular weight is 109 g/mol. The van der Waals surface area contributed by atoms with E-state index in [4.69, 9.17) is 4.74 Å². The molecule has 1 atom stereocenters. The summed E-state index contributed by atoms with van der Waals surface area (Å²) in [7, 11) is 0. The summed E-state index contributed by atoms with van der Waals surface area (Å²) in [6.45, 7) is 4.47. The minimum absolute atomic E-state index is 0.233. The molecule has 1 unspecified atom stereocenters. The Morgan fingerprint density at radius 2 is 2.50 bits per heavy atom. The number of hydrogen-bond donors (Lipinski definition) is 0. The topological polar surface area (TPSA) is 9.23 Å². The fraction of sp³-hybridized carbons (Fsp3) is 0.571. The molecule has 0 amide bonds. The summed E-state index contributed by atoms with van der Waals surface area (Å²) in [5, 5.41) is 0. The molecule has 1 fully saturated rings. The van der Waals surface area contributed by atoms with Crippen LogP contribution < -0.4 is 0 Å². The summed E-state index contributed by atoms with van der Waals surface area (Å²) < 4.78 is 5.03. The van der Waals surface area contributed by atoms with E-state index in [0.717, 1.165) is 13.0 Å². The van der Waals surface area contributed by atoms with Gasteiger partial charge in [0.1, 0.15) is 6.10 Å². The third-order valence-electron chi connectivity index (χ3n) is 1.09. The highest BCUT2D eigenvalue weighted by molar-refractivity contribution is 5.07. The first kappa shape index (κ1) is 5.65. The molecule has 0 N–H and O–H groups in total. The van der Waals surface area contributed by atoms with Gasteiger partial charge >= 0.3 is 0 Å². The van der Waals surface area contributed by atoms with Gasteiger partial charge in [-0.3, -0.25) is 0 Å². The Labute approximate surface area is 50.0 Å². The van der Waals surface area contributed by atoms with Crippen molar-refractivity contribution < 1.29 is 4.74 Å². The Morgan fingerprint density at radius 1 is 1.75 bits per heavy atom. The molecule has 43 valence electrons. The van der Waals surface area contributed by atoms with Gasteiger partial charge in [0.25, 0.3) is 0 Å². The van der Waals surface area contributed by atoms with Crippen LogP contribution >= 0.6 is 0 Å². The lowest BCUT2D eigenvalue weighted by Crippen LogP contribution is -2.24. The van der Waals surface area contributed by atoms with Gasteiger partial charge in [-0.25, -0.2) is 0 Å². The molecule has 0 aliphatic carbocycles. The largest absolute Gasteiger partial charge is 0.365 e. The van der Waals surface area contributed by atoms with Crippen molar-refractivity contribution in [1.82, 2.24) is 0 Å². The van der Waals surface area contributed by atoms with Gasteiger partial charge in [-0.1, -0.05) is 5.92 Å². The van der Waals surface area contributed by atoms with E-state index >= 15 is 0 Å². The van der Waals surface area contributed by atoms with E-state index in [9.17, 15) is 0 Å². The third-order valence-corrected chi connectivity index (χ3v) is 1.09. The fourth-order valence-electron chi connectivity index (χ4n) is 0.536. The molecule has 1 saturated heterocycles. The van der Waals surface area contributed by atoms with Gasteiger partial charge in [0.05, 0.1) is 6.61 Å². The second kappa shape index (κ2) is 2.74. The molecule has 8 heavy (non-hydrogen) atoms. The highest BCUT2D eigenvalue weighted by atomic mass is 16.5. The van der Waals surface area contributed by atoms with Crippen molar-refractivity contribution in [3.8, 4) is 11.8 Å². The highest BCUT2D eigenvalue weighted by Gasteiger charge is 2.13. The number of rotatable bonds is 0. The molecule has 0 spiro atoms. The zero-order valence-corrected chi connectivity index (χ0v) is 4.81. The molecular weight excluding hydrogens is 100 g/mol. The Morgan fingerprint density at radius 3 is 2.88 bits per heavy atom. The van der Waals surface area contributed by atoms with Crippen LogP contribution in [0, 0.1) is 18.8 Å². The molecule has 1 nitrogen and oxygen atoms in total. The molecule has 0 bridgehead atoms. The molecule has 1 aliphatic rings. The lowest BCUT2D eigenvalue weighted by Gasteiger charge is -2.20. The lowest BCUT2D eigenvalue weighted by molar-refractivity contribution is -0.0122. The highest BCUT2D eigenvalue weighted by Crippen LogP contribution is 2.08. The molecule has 1 rings (SSSR count). The minimum Gasteiger partial charge on any atom is -0.365 e. The maximum absolute atomic E-state index is 5.03. The molecule has 1 aliphatic heterocycles. The standard InChI is InChI=1S/C7H9O/c1-2-3-4-7-5-6-8-7/h7H,1-2,5-6H2. The summed E-state index contributed by atoms with van der Waals surface area (Å²) in [4.78, 5) is 0. The third kappa shape index (κ3) is 1.24. The van der Waals surface area contributed by atoms with Crippen molar-refractivity contribution in [2.24, 2.45) is 0 Å². The Hall–Kier alpha value is -0.480. The number of hydrogen-bond acceptors (Lipinski definition) is 1. The normalized spacial score (nSPS) is 25.4. The van der Waals surface area contributed by atoms with Gasteiger partial charge in [-0.2, -0.15) is 0 Å². The Kier molecular flexibility index (Phi) is 1.93. The molecule has 0 aromatic rings. The van der Waals surface area contributed by atoms with Gasteiger partial charge in [0, 0.05) is 12.8 Å². The summed E-state index contributed by atoms with van der Waals surface area (Å²) in [5.74, 6) is 5.80. The van der Waals surface area contributed by atoms with E-state index in [1.54, 1.807) is 0 Å². The second-order valence-electron chi connectivity index (χ2n) is 1.72. The quantitative estimate of drug-likeness (QED) is 0.422. The first-order valence-electron chi connectivity index (χ1n) is 2.82. The molecule has 1 heteroatoms. The maximum atomic E-state index is 5.03. The molecular formula is C7H9O. The van der Waals surface area contributed by atoms with Crippen LogP contribution in [0.5, 0.6) is 0 Å². The van der Waals surface area contributed by atoms with Crippen molar-refractivity contribution in [3.63, 3.8) is 0 Å². The molecule has 1 heterocycles. The lowest BCUT2D eigenvalue weighted by atomic mass is 10.2. The van der Waals surface area contributed by atoms with Crippen molar-refractivity contribution in [2.45, 2.75) is 18.9 Å². The predicted octanol–water partition coefficient (Wildman–Crippen LogP) is 1.00. The van der Waals surface area contributed by atoms with Crippen molar-refractivity contribution in [2.75, 3.05) is 6.61 Å². The van der Waals surface area contributed by atoms with Crippen LogP contribution in [0.3, 0.4) is 0 Å². The Bertz CT molecular complexity index is 114. The zero-order valence-electron chi connectivity index (χ0n) is 4.81. The Balaban J connectivity index is 2.16. The van der Waals surface area contributed by atoms with Crippen LogP contribution in [0.4, 0.5) is 0 Å². The average Bonchev–Trinajstić information content (AvgIpc) is 1.63. The summed E-state index contributed by atoms with van der Waals surface area (Å²) in [6.07, 6.45) is 2.03. The summed E-state index contributed by atoms with van der Waals surface area (Å²) >= 11 is 0. The number of ether oxygens (including phenoxy) is 1. The van der Waals surface area contributed by atoms with Crippen LogP contribution in [-0.2, 0) is 4.74 Å². The zero-order chi connectivity index (χ0) is 5.82. The van der Waals surface area contributed by atoms with Gasteiger partial charge in [0.2, 0.25) is 0 Å². The summed E-state index contributed by atoms with van der Waals surface area (Å²) in [5.41, 5.74) is 0. The van der Waals surface area contributed by atoms with E-state index in [0.29, 0.717) is 6.42 Å². The van der Waals surface area contributed by atoms with E-state index in [-0.39, 0.29) is 6.10 Å². The van der Waals surface area contributed by atoms with E-state index in [1.807, 2.05) is 0 Å². The van der Waals surface area contributed by atoms with Crippen LogP contribution in [0.2, 0.25) is 0 Å². The molecule has 0 aromatic heterocycles. The van der Waals surface area contributed by atoms with Crippen LogP contribution in [0.15, 0.2) is 0 Å². The van der Waals surface area contributed by atoms with Crippen LogP contribution in [0.1, 0.15) is 12.8 Å². The van der Waals surface area contributed by atoms with E-state index in [1.165, 1.54) is 0 Å². The first-order chi connectivity index (χ1) is 3.93. The second-order valence-corrected chi connectivity index (χ2v) is 1.72. The first-order valence-corrected chi connectivity index (χ1v) is 2.82. The van der Waals surface area contributed by atoms with Crippen molar-refractivity contribution in [1.29, 1.82) is 0 Å². The van der Waals surface area contributed by atoms with Gasteiger partial charge in [0.15, 0.2) is 0 Å².